The van der Waals surface area contributed by atoms with Gasteiger partial charge in [-0.2, -0.15) is 0 Å². The molecule has 92 valence electrons. The molecular weight excluding hydrogens is 310 g/mol. The molecule has 2 nitrogen and oxygen atoms in total. The minimum Gasteiger partial charge on any atom is -0.384 e. The fourth-order valence-corrected chi connectivity index (χ4v) is 3.65. The van der Waals surface area contributed by atoms with Gasteiger partial charge in [-0.15, -0.1) is 11.3 Å². The minimum atomic E-state index is 0.176. The van der Waals surface area contributed by atoms with Gasteiger partial charge in [0.25, 0.3) is 0 Å². The molecule has 0 radical (unpaired) electrons. The zero-order valence-electron chi connectivity index (χ0n) is 9.70. The van der Waals surface area contributed by atoms with E-state index < -0.39 is 0 Å². The van der Waals surface area contributed by atoms with Crippen molar-refractivity contribution in [2.45, 2.75) is 12.8 Å². The van der Waals surface area contributed by atoms with Crippen LogP contribution >= 0.6 is 27.3 Å². The lowest BCUT2D eigenvalue weighted by Crippen LogP contribution is -2.03. The molecule has 0 atom stereocenters. The summed E-state index contributed by atoms with van der Waals surface area (Å²) in [7, 11) is 0. The van der Waals surface area contributed by atoms with Crippen molar-refractivity contribution in [2.75, 3.05) is 11.9 Å². The summed E-state index contributed by atoms with van der Waals surface area (Å²) in [4.78, 5) is 13.3. The van der Waals surface area contributed by atoms with Crippen LogP contribution in [-0.2, 0) is 12.8 Å². The summed E-state index contributed by atoms with van der Waals surface area (Å²) in [5, 5.41) is 5.30. The zero-order chi connectivity index (χ0) is 12.5. The third-order valence-corrected chi connectivity index (χ3v) is 5.08. The topological polar surface area (TPSA) is 29.1 Å². The average Bonchev–Trinajstić information content (AvgIpc) is 2.98. The number of carbonyl (C=O) groups excluding carboxylic acids is 1. The predicted octanol–water partition coefficient (Wildman–Crippen LogP) is 3.90. The van der Waals surface area contributed by atoms with Gasteiger partial charge in [-0.3, -0.25) is 4.79 Å². The molecule has 0 amide bonds. The number of thiophene rings is 1. The Labute approximate surface area is 118 Å². The molecule has 0 fully saturated rings. The van der Waals surface area contributed by atoms with E-state index in [1.54, 1.807) is 11.3 Å². The summed E-state index contributed by atoms with van der Waals surface area (Å²) in [6, 6.07) is 7.96. The molecule has 0 saturated carbocycles. The van der Waals surface area contributed by atoms with Gasteiger partial charge in [0.05, 0.1) is 0 Å². The van der Waals surface area contributed by atoms with Crippen molar-refractivity contribution in [2.24, 2.45) is 0 Å². The highest BCUT2D eigenvalue weighted by atomic mass is 79.9. The second-order valence-corrected chi connectivity index (χ2v) is 6.20. The number of Topliss-reactive ketones (excluding diaryl/α,β-unsaturated/α-hetero) is 1. The van der Waals surface area contributed by atoms with E-state index in [1.165, 1.54) is 5.56 Å². The lowest BCUT2D eigenvalue weighted by Gasteiger charge is -2.04. The molecule has 0 bridgehead atoms. The first-order valence-corrected chi connectivity index (χ1v) is 7.53. The Morgan fingerprint density at radius 3 is 3.06 bits per heavy atom. The van der Waals surface area contributed by atoms with E-state index in [-0.39, 0.29) is 5.78 Å². The smallest absolute Gasteiger partial charge is 0.168 e. The van der Waals surface area contributed by atoms with Crippen molar-refractivity contribution in [3.63, 3.8) is 0 Å². The maximum Gasteiger partial charge on any atom is 0.168 e. The molecular formula is C14H12BrNOS. The van der Waals surface area contributed by atoms with Crippen molar-refractivity contribution < 1.29 is 4.79 Å². The first kappa shape index (κ1) is 11.9. The highest BCUT2D eigenvalue weighted by molar-refractivity contribution is 9.10. The van der Waals surface area contributed by atoms with E-state index in [4.69, 9.17) is 0 Å². The number of benzene rings is 1. The van der Waals surface area contributed by atoms with Gasteiger partial charge in [0.15, 0.2) is 5.78 Å². The quantitative estimate of drug-likeness (QED) is 0.868. The minimum absolute atomic E-state index is 0.176. The summed E-state index contributed by atoms with van der Waals surface area (Å²) in [5.41, 5.74) is 3.22. The number of fused-ring (bicyclic) bond motifs is 1. The van der Waals surface area contributed by atoms with Crippen LogP contribution in [0.2, 0.25) is 0 Å². The Morgan fingerprint density at radius 1 is 1.39 bits per heavy atom. The van der Waals surface area contributed by atoms with Crippen LogP contribution in [0.15, 0.2) is 34.1 Å². The van der Waals surface area contributed by atoms with Crippen LogP contribution in [0.5, 0.6) is 0 Å². The Kier molecular flexibility index (Phi) is 3.22. The summed E-state index contributed by atoms with van der Waals surface area (Å²) in [6.07, 6.45) is 1.53. The van der Waals surface area contributed by atoms with Crippen LogP contribution in [0.25, 0.3) is 0 Å². The molecule has 1 aliphatic rings. The van der Waals surface area contributed by atoms with E-state index in [2.05, 4.69) is 27.3 Å². The second kappa shape index (κ2) is 4.86. The fraction of sp³-hybridized carbons (Fsp3) is 0.214. The molecule has 0 saturated heterocycles. The van der Waals surface area contributed by atoms with Crippen LogP contribution in [-0.4, -0.2) is 12.3 Å². The largest absolute Gasteiger partial charge is 0.384 e. The van der Waals surface area contributed by atoms with E-state index in [1.807, 2.05) is 23.6 Å². The molecule has 0 unspecified atom stereocenters. The van der Waals surface area contributed by atoms with E-state index in [0.29, 0.717) is 6.42 Å². The molecule has 4 heteroatoms. The van der Waals surface area contributed by atoms with Gasteiger partial charge in [-0.25, -0.2) is 0 Å². The Morgan fingerprint density at radius 2 is 2.28 bits per heavy atom. The Balaban J connectivity index is 1.83. The molecule has 1 aromatic heterocycles. The predicted molar refractivity (Wildman–Crippen MR) is 78.7 cm³/mol. The maximum absolute atomic E-state index is 12.2. The van der Waals surface area contributed by atoms with E-state index in [9.17, 15) is 4.79 Å². The first-order valence-electron chi connectivity index (χ1n) is 5.86. The van der Waals surface area contributed by atoms with Gasteiger partial charge in [0.1, 0.15) is 0 Å². The number of carbonyl (C=O) groups is 1. The number of anilines is 1. The molecule has 1 aromatic carbocycles. The lowest BCUT2D eigenvalue weighted by molar-refractivity contribution is 0.0993. The van der Waals surface area contributed by atoms with Gasteiger partial charge in [-0.05, 0) is 45.4 Å². The summed E-state index contributed by atoms with van der Waals surface area (Å²) in [6.45, 7) is 0.976. The van der Waals surface area contributed by atoms with Crippen molar-refractivity contribution in [3.8, 4) is 0 Å². The first-order chi connectivity index (χ1) is 8.74. The van der Waals surface area contributed by atoms with Crippen LogP contribution < -0.4 is 5.32 Å². The molecule has 1 aliphatic heterocycles. The monoisotopic (exact) mass is 321 g/mol. The standard InChI is InChI=1S/C14H12BrNOS/c15-11-4-6-18-14(11)8-13(17)10-2-1-9-3-5-16-12(9)7-10/h1-2,4,6-7,16H,3,5,8H2. The van der Waals surface area contributed by atoms with Crippen molar-refractivity contribution >= 4 is 38.7 Å². The number of hydrogen-bond donors (Lipinski definition) is 1. The summed E-state index contributed by atoms with van der Waals surface area (Å²) in [5.74, 6) is 0.176. The molecule has 18 heavy (non-hydrogen) atoms. The third-order valence-electron chi connectivity index (χ3n) is 3.15. The van der Waals surface area contributed by atoms with Gasteiger partial charge in [0.2, 0.25) is 0 Å². The number of nitrogens with one attached hydrogen (secondary N) is 1. The normalized spacial score (nSPS) is 13.2. The van der Waals surface area contributed by atoms with Crippen molar-refractivity contribution in [1.82, 2.24) is 0 Å². The highest BCUT2D eigenvalue weighted by Gasteiger charge is 2.15. The highest BCUT2D eigenvalue weighted by Crippen LogP contribution is 2.26. The number of hydrogen-bond acceptors (Lipinski definition) is 3. The fourth-order valence-electron chi connectivity index (χ4n) is 2.16. The van der Waals surface area contributed by atoms with Crippen LogP contribution in [0.1, 0.15) is 20.8 Å². The third kappa shape index (κ3) is 2.22. The van der Waals surface area contributed by atoms with Gasteiger partial charge >= 0.3 is 0 Å². The van der Waals surface area contributed by atoms with E-state index >= 15 is 0 Å². The van der Waals surface area contributed by atoms with Crippen molar-refractivity contribution in [1.29, 1.82) is 0 Å². The van der Waals surface area contributed by atoms with Crippen molar-refractivity contribution in [3.05, 3.63) is 50.1 Å². The summed E-state index contributed by atoms with van der Waals surface area (Å²) >= 11 is 5.08. The molecule has 2 aromatic rings. The number of rotatable bonds is 3. The average molecular weight is 322 g/mol. The van der Waals surface area contributed by atoms with Gasteiger partial charge in [0, 0.05) is 33.6 Å². The SMILES string of the molecule is O=C(Cc1sccc1Br)c1ccc2c(c1)NCC2. The van der Waals surface area contributed by atoms with Crippen LogP contribution in [0.3, 0.4) is 0 Å². The van der Waals surface area contributed by atoms with Crippen LogP contribution in [0.4, 0.5) is 5.69 Å². The zero-order valence-corrected chi connectivity index (χ0v) is 12.1. The van der Waals surface area contributed by atoms with Gasteiger partial charge in [-0.1, -0.05) is 12.1 Å². The lowest BCUT2D eigenvalue weighted by atomic mass is 10.0. The second-order valence-electron chi connectivity index (χ2n) is 4.34. The van der Waals surface area contributed by atoms with E-state index in [0.717, 1.165) is 33.6 Å². The molecule has 0 spiro atoms. The molecule has 3 rings (SSSR count). The van der Waals surface area contributed by atoms with Gasteiger partial charge < -0.3 is 5.32 Å². The van der Waals surface area contributed by atoms with Crippen LogP contribution in [0, 0.1) is 0 Å². The number of ketones is 1. The maximum atomic E-state index is 12.2. The summed E-state index contributed by atoms with van der Waals surface area (Å²) < 4.78 is 1.03. The molecule has 1 N–H and O–H groups in total. The molecule has 0 aliphatic carbocycles. The number of halogens is 1. The Bertz CT molecular complexity index is 606. The Hall–Kier alpha value is -1.13. The molecule has 2 heterocycles.